The number of rotatable bonds is 7. The molecule has 0 atom stereocenters. The zero-order valence-electron chi connectivity index (χ0n) is 13.1. The predicted octanol–water partition coefficient (Wildman–Crippen LogP) is 4.06. The molecule has 4 heteroatoms. The highest BCUT2D eigenvalue weighted by molar-refractivity contribution is 5.72. The van der Waals surface area contributed by atoms with E-state index in [1.807, 2.05) is 36.4 Å². The van der Waals surface area contributed by atoms with Crippen LogP contribution in [0.1, 0.15) is 18.1 Å². The molecule has 1 N–H and O–H groups in total. The Balaban J connectivity index is 1.79. The van der Waals surface area contributed by atoms with Crippen molar-refractivity contribution in [3.8, 4) is 0 Å². The van der Waals surface area contributed by atoms with Gasteiger partial charge in [-0.25, -0.2) is 4.39 Å². The molecule has 0 spiro atoms. The fourth-order valence-corrected chi connectivity index (χ4v) is 2.06. The standard InChI is InChI=1S/C19H20FNO2/c1-2-23-19(22)14-16-7-11-18(12-8-16)21-13-3-4-15-5-9-17(20)10-6-15/h3-12,21H,2,13-14H2,1H3. The third kappa shape index (κ3) is 5.94. The highest BCUT2D eigenvalue weighted by atomic mass is 19.1. The average Bonchev–Trinajstić information content (AvgIpc) is 2.55. The van der Waals surface area contributed by atoms with E-state index in [0.717, 1.165) is 16.8 Å². The van der Waals surface area contributed by atoms with Gasteiger partial charge < -0.3 is 10.1 Å². The zero-order chi connectivity index (χ0) is 16.5. The van der Waals surface area contributed by atoms with Crippen molar-refractivity contribution in [2.75, 3.05) is 18.5 Å². The number of benzene rings is 2. The summed E-state index contributed by atoms with van der Waals surface area (Å²) in [7, 11) is 0. The van der Waals surface area contributed by atoms with Gasteiger partial charge in [-0.15, -0.1) is 0 Å². The maximum atomic E-state index is 12.8. The molecular weight excluding hydrogens is 293 g/mol. The summed E-state index contributed by atoms with van der Waals surface area (Å²) in [4.78, 5) is 11.4. The number of carbonyl (C=O) groups is 1. The first kappa shape index (κ1) is 16.7. The number of anilines is 1. The Morgan fingerprint density at radius 2 is 1.83 bits per heavy atom. The normalized spacial score (nSPS) is 10.7. The summed E-state index contributed by atoms with van der Waals surface area (Å²) in [5, 5.41) is 3.25. The van der Waals surface area contributed by atoms with Crippen molar-refractivity contribution in [1.82, 2.24) is 0 Å². The first-order valence-corrected chi connectivity index (χ1v) is 7.58. The quantitative estimate of drug-likeness (QED) is 0.784. The van der Waals surface area contributed by atoms with Gasteiger partial charge in [-0.05, 0) is 42.3 Å². The second-order valence-corrected chi connectivity index (χ2v) is 5.01. The third-order valence-electron chi connectivity index (χ3n) is 3.21. The molecular formula is C19H20FNO2. The van der Waals surface area contributed by atoms with Gasteiger partial charge in [-0.3, -0.25) is 4.79 Å². The summed E-state index contributed by atoms with van der Waals surface area (Å²) in [5.74, 6) is -0.446. The van der Waals surface area contributed by atoms with E-state index in [-0.39, 0.29) is 11.8 Å². The minimum Gasteiger partial charge on any atom is -0.466 e. The molecule has 0 aromatic heterocycles. The summed E-state index contributed by atoms with van der Waals surface area (Å²) in [5.41, 5.74) is 2.86. The Morgan fingerprint density at radius 3 is 2.48 bits per heavy atom. The van der Waals surface area contributed by atoms with E-state index in [2.05, 4.69) is 5.32 Å². The lowest BCUT2D eigenvalue weighted by molar-refractivity contribution is -0.142. The van der Waals surface area contributed by atoms with Crippen molar-refractivity contribution in [1.29, 1.82) is 0 Å². The molecule has 2 rings (SSSR count). The summed E-state index contributed by atoms with van der Waals surface area (Å²) in [6, 6.07) is 14.0. The third-order valence-corrected chi connectivity index (χ3v) is 3.21. The minimum atomic E-state index is -0.233. The van der Waals surface area contributed by atoms with E-state index in [1.165, 1.54) is 12.1 Å². The van der Waals surface area contributed by atoms with Crippen LogP contribution >= 0.6 is 0 Å². The Morgan fingerprint density at radius 1 is 1.13 bits per heavy atom. The molecule has 0 unspecified atom stereocenters. The SMILES string of the molecule is CCOC(=O)Cc1ccc(NCC=Cc2ccc(F)cc2)cc1. The van der Waals surface area contributed by atoms with Crippen LogP contribution in [0.2, 0.25) is 0 Å². The van der Waals surface area contributed by atoms with E-state index >= 15 is 0 Å². The molecule has 0 saturated heterocycles. The Hall–Kier alpha value is -2.62. The minimum absolute atomic E-state index is 0.213. The van der Waals surface area contributed by atoms with Crippen LogP contribution in [-0.2, 0) is 16.0 Å². The fourth-order valence-electron chi connectivity index (χ4n) is 2.06. The average molecular weight is 313 g/mol. The maximum absolute atomic E-state index is 12.8. The van der Waals surface area contributed by atoms with Gasteiger partial charge in [0.2, 0.25) is 0 Å². The van der Waals surface area contributed by atoms with Crippen LogP contribution in [0, 0.1) is 5.82 Å². The number of hydrogen-bond donors (Lipinski definition) is 1. The molecule has 0 bridgehead atoms. The highest BCUT2D eigenvalue weighted by Crippen LogP contribution is 2.11. The lowest BCUT2D eigenvalue weighted by Crippen LogP contribution is -2.07. The van der Waals surface area contributed by atoms with Crippen LogP contribution < -0.4 is 5.32 Å². The number of carbonyl (C=O) groups excluding carboxylic acids is 1. The summed E-state index contributed by atoms with van der Waals surface area (Å²) >= 11 is 0. The Bertz CT molecular complexity index is 648. The molecule has 0 fully saturated rings. The van der Waals surface area contributed by atoms with Crippen LogP contribution in [0.4, 0.5) is 10.1 Å². The Kier molecular flexibility index (Phi) is 6.36. The van der Waals surface area contributed by atoms with Crippen LogP contribution in [-0.4, -0.2) is 19.1 Å². The van der Waals surface area contributed by atoms with Gasteiger partial charge in [0.15, 0.2) is 0 Å². The fraction of sp³-hybridized carbons (Fsp3) is 0.211. The molecule has 0 aliphatic rings. The van der Waals surface area contributed by atoms with E-state index < -0.39 is 0 Å². The predicted molar refractivity (Wildman–Crippen MR) is 90.7 cm³/mol. The largest absolute Gasteiger partial charge is 0.466 e. The first-order valence-electron chi connectivity index (χ1n) is 7.58. The van der Waals surface area contributed by atoms with Gasteiger partial charge >= 0.3 is 5.97 Å². The number of esters is 1. The monoisotopic (exact) mass is 313 g/mol. The molecule has 0 saturated carbocycles. The summed E-state index contributed by atoms with van der Waals surface area (Å²) in [6.45, 7) is 2.86. The van der Waals surface area contributed by atoms with Crippen molar-refractivity contribution in [3.63, 3.8) is 0 Å². The van der Waals surface area contributed by atoms with Gasteiger partial charge in [-0.2, -0.15) is 0 Å². The van der Waals surface area contributed by atoms with Gasteiger partial charge in [0.1, 0.15) is 5.82 Å². The van der Waals surface area contributed by atoms with Gasteiger partial charge in [0, 0.05) is 12.2 Å². The topological polar surface area (TPSA) is 38.3 Å². The lowest BCUT2D eigenvalue weighted by atomic mass is 10.1. The lowest BCUT2D eigenvalue weighted by Gasteiger charge is -2.05. The van der Waals surface area contributed by atoms with Gasteiger partial charge in [0.25, 0.3) is 0 Å². The van der Waals surface area contributed by atoms with Crippen LogP contribution in [0.25, 0.3) is 6.08 Å². The molecule has 120 valence electrons. The molecule has 0 heterocycles. The van der Waals surface area contributed by atoms with Crippen molar-refractivity contribution < 1.29 is 13.9 Å². The second kappa shape index (κ2) is 8.73. The number of hydrogen-bond acceptors (Lipinski definition) is 3. The van der Waals surface area contributed by atoms with Crippen molar-refractivity contribution >= 4 is 17.7 Å². The molecule has 23 heavy (non-hydrogen) atoms. The Labute approximate surface area is 135 Å². The van der Waals surface area contributed by atoms with Crippen molar-refractivity contribution in [2.45, 2.75) is 13.3 Å². The number of halogens is 1. The number of nitrogens with one attached hydrogen (secondary N) is 1. The van der Waals surface area contributed by atoms with E-state index in [9.17, 15) is 9.18 Å². The van der Waals surface area contributed by atoms with Crippen molar-refractivity contribution in [3.05, 3.63) is 71.6 Å². The molecule has 0 aliphatic heterocycles. The van der Waals surface area contributed by atoms with Crippen LogP contribution in [0.15, 0.2) is 54.6 Å². The first-order chi connectivity index (χ1) is 11.2. The van der Waals surface area contributed by atoms with Crippen LogP contribution in [0.3, 0.4) is 0 Å². The highest BCUT2D eigenvalue weighted by Gasteiger charge is 2.03. The molecule has 0 aliphatic carbocycles. The maximum Gasteiger partial charge on any atom is 0.310 e. The zero-order valence-corrected chi connectivity index (χ0v) is 13.1. The molecule has 2 aromatic rings. The van der Waals surface area contributed by atoms with E-state index in [0.29, 0.717) is 19.6 Å². The molecule has 0 radical (unpaired) electrons. The summed E-state index contributed by atoms with van der Waals surface area (Å²) in [6.07, 6.45) is 4.19. The molecule has 2 aromatic carbocycles. The van der Waals surface area contributed by atoms with Gasteiger partial charge in [0.05, 0.1) is 13.0 Å². The van der Waals surface area contributed by atoms with Gasteiger partial charge in [-0.1, -0.05) is 36.4 Å². The summed E-state index contributed by atoms with van der Waals surface area (Å²) < 4.78 is 17.7. The second-order valence-electron chi connectivity index (χ2n) is 5.01. The van der Waals surface area contributed by atoms with E-state index in [4.69, 9.17) is 4.74 Å². The number of ether oxygens (including phenoxy) is 1. The van der Waals surface area contributed by atoms with E-state index in [1.54, 1.807) is 19.1 Å². The van der Waals surface area contributed by atoms with Crippen LogP contribution in [0.5, 0.6) is 0 Å². The van der Waals surface area contributed by atoms with Crippen molar-refractivity contribution in [2.24, 2.45) is 0 Å². The molecule has 3 nitrogen and oxygen atoms in total. The molecule has 0 amide bonds. The smallest absolute Gasteiger partial charge is 0.310 e.